The van der Waals surface area contributed by atoms with Gasteiger partial charge in [0.2, 0.25) is 0 Å². The first-order valence-electron chi connectivity index (χ1n) is 7.10. The Balaban J connectivity index is 2.22. The maximum atomic E-state index is 11.4. The van der Waals surface area contributed by atoms with Crippen LogP contribution in [0, 0.1) is 0 Å². The van der Waals surface area contributed by atoms with Crippen molar-refractivity contribution in [1.82, 2.24) is 4.90 Å². The van der Waals surface area contributed by atoms with Gasteiger partial charge in [0, 0.05) is 13.1 Å². The molecule has 112 valence electrons. The lowest BCUT2D eigenvalue weighted by atomic mass is 9.96. The predicted molar refractivity (Wildman–Crippen MR) is 74.9 cm³/mol. The number of hydrogen-bond acceptors (Lipinski definition) is 5. The lowest BCUT2D eigenvalue weighted by Gasteiger charge is -2.35. The summed E-state index contributed by atoms with van der Waals surface area (Å²) in [5.74, 6) is -0.332. The van der Waals surface area contributed by atoms with Gasteiger partial charge in [0.05, 0.1) is 19.3 Å². The van der Waals surface area contributed by atoms with E-state index < -0.39 is 5.54 Å². The maximum Gasteiger partial charge on any atom is 0.325 e. The van der Waals surface area contributed by atoms with E-state index in [1.54, 1.807) is 6.92 Å². The molecule has 1 rings (SSSR count). The molecule has 0 amide bonds. The standard InChI is InChI=1S/C14H28N2O3/c1-11-9-16(10-12(2)19-11)8-6-5-7-14(3,15)13(17)18-4/h11-12H,5-10,15H2,1-4H3. The Bertz CT molecular complexity index is 284. The van der Waals surface area contributed by atoms with Crippen LogP contribution in [0.3, 0.4) is 0 Å². The van der Waals surface area contributed by atoms with Crippen LogP contribution < -0.4 is 5.73 Å². The van der Waals surface area contributed by atoms with Gasteiger partial charge >= 0.3 is 5.97 Å². The first kappa shape index (κ1) is 16.4. The lowest BCUT2D eigenvalue weighted by Crippen LogP contribution is -2.46. The number of carbonyl (C=O) groups excluding carboxylic acids is 1. The molecule has 0 bridgehead atoms. The number of unbranched alkanes of at least 4 members (excludes halogenated alkanes) is 1. The number of morpholine rings is 1. The number of carbonyl (C=O) groups is 1. The minimum absolute atomic E-state index is 0.304. The fourth-order valence-electron chi connectivity index (χ4n) is 2.63. The largest absolute Gasteiger partial charge is 0.468 e. The Morgan fingerprint density at radius 1 is 1.37 bits per heavy atom. The van der Waals surface area contributed by atoms with Crippen molar-refractivity contribution in [2.24, 2.45) is 5.73 Å². The Morgan fingerprint density at radius 3 is 2.47 bits per heavy atom. The van der Waals surface area contributed by atoms with Crippen LogP contribution >= 0.6 is 0 Å². The Labute approximate surface area is 116 Å². The van der Waals surface area contributed by atoms with Crippen molar-refractivity contribution in [1.29, 1.82) is 0 Å². The number of esters is 1. The second-order valence-corrected chi connectivity index (χ2v) is 5.88. The molecule has 2 N–H and O–H groups in total. The number of ether oxygens (including phenoxy) is 2. The topological polar surface area (TPSA) is 64.8 Å². The van der Waals surface area contributed by atoms with Crippen LogP contribution in [0.25, 0.3) is 0 Å². The highest BCUT2D eigenvalue weighted by molar-refractivity contribution is 5.79. The zero-order chi connectivity index (χ0) is 14.5. The summed E-state index contributed by atoms with van der Waals surface area (Å²) in [6, 6.07) is 0. The highest BCUT2D eigenvalue weighted by Gasteiger charge is 2.28. The summed E-state index contributed by atoms with van der Waals surface area (Å²) >= 11 is 0. The summed E-state index contributed by atoms with van der Waals surface area (Å²) in [7, 11) is 1.38. The molecule has 0 radical (unpaired) electrons. The van der Waals surface area contributed by atoms with Gasteiger partial charge in [-0.05, 0) is 46.6 Å². The molecule has 19 heavy (non-hydrogen) atoms. The fraction of sp³-hybridized carbons (Fsp3) is 0.929. The number of nitrogens with zero attached hydrogens (tertiary/aromatic N) is 1. The van der Waals surface area contributed by atoms with Crippen molar-refractivity contribution < 1.29 is 14.3 Å². The third-order valence-electron chi connectivity index (χ3n) is 3.57. The van der Waals surface area contributed by atoms with Crippen molar-refractivity contribution >= 4 is 5.97 Å². The summed E-state index contributed by atoms with van der Waals surface area (Å²) in [5.41, 5.74) is 5.07. The number of methoxy groups -OCH3 is 1. The number of nitrogens with two attached hydrogens (primary N) is 1. The van der Waals surface area contributed by atoms with Crippen LogP contribution in [-0.2, 0) is 14.3 Å². The van der Waals surface area contributed by atoms with Crippen LogP contribution in [0.2, 0.25) is 0 Å². The minimum Gasteiger partial charge on any atom is -0.468 e. The molecule has 1 aliphatic rings. The van der Waals surface area contributed by atoms with Gasteiger partial charge in [-0.15, -0.1) is 0 Å². The van der Waals surface area contributed by atoms with Crippen LogP contribution in [0.5, 0.6) is 0 Å². The molecule has 5 nitrogen and oxygen atoms in total. The van der Waals surface area contributed by atoms with Gasteiger partial charge in [-0.3, -0.25) is 9.69 Å². The van der Waals surface area contributed by atoms with Crippen molar-refractivity contribution in [3.63, 3.8) is 0 Å². The van der Waals surface area contributed by atoms with Crippen LogP contribution in [0.15, 0.2) is 0 Å². The van der Waals surface area contributed by atoms with Crippen molar-refractivity contribution in [2.75, 3.05) is 26.7 Å². The smallest absolute Gasteiger partial charge is 0.325 e. The zero-order valence-corrected chi connectivity index (χ0v) is 12.6. The molecule has 0 aliphatic carbocycles. The van der Waals surface area contributed by atoms with Gasteiger partial charge in [-0.2, -0.15) is 0 Å². The molecular formula is C14H28N2O3. The summed E-state index contributed by atoms with van der Waals surface area (Å²) in [6.07, 6.45) is 3.25. The summed E-state index contributed by atoms with van der Waals surface area (Å²) in [4.78, 5) is 13.9. The van der Waals surface area contributed by atoms with E-state index in [9.17, 15) is 4.79 Å². The molecule has 1 saturated heterocycles. The monoisotopic (exact) mass is 272 g/mol. The van der Waals surface area contributed by atoms with Crippen LogP contribution in [0.4, 0.5) is 0 Å². The van der Waals surface area contributed by atoms with E-state index in [-0.39, 0.29) is 5.97 Å². The molecule has 3 unspecified atom stereocenters. The molecule has 0 aromatic rings. The lowest BCUT2D eigenvalue weighted by molar-refractivity contribution is -0.146. The summed E-state index contributed by atoms with van der Waals surface area (Å²) < 4.78 is 10.4. The minimum atomic E-state index is -0.861. The van der Waals surface area contributed by atoms with Crippen LogP contribution in [-0.4, -0.2) is 55.4 Å². The Hall–Kier alpha value is -0.650. The van der Waals surface area contributed by atoms with E-state index in [0.717, 1.165) is 32.5 Å². The fourth-order valence-corrected chi connectivity index (χ4v) is 2.63. The van der Waals surface area contributed by atoms with E-state index in [1.807, 2.05) is 0 Å². The molecule has 5 heteroatoms. The predicted octanol–water partition coefficient (Wildman–Crippen LogP) is 1.16. The molecule has 0 saturated carbocycles. The van der Waals surface area contributed by atoms with Gasteiger partial charge in [-0.1, -0.05) is 0 Å². The van der Waals surface area contributed by atoms with Gasteiger partial charge in [0.15, 0.2) is 0 Å². The second-order valence-electron chi connectivity index (χ2n) is 5.88. The van der Waals surface area contributed by atoms with E-state index >= 15 is 0 Å². The number of rotatable bonds is 6. The third kappa shape index (κ3) is 5.47. The van der Waals surface area contributed by atoms with E-state index in [0.29, 0.717) is 18.6 Å². The van der Waals surface area contributed by atoms with Crippen LogP contribution in [0.1, 0.15) is 40.0 Å². The summed E-state index contributed by atoms with van der Waals surface area (Å²) in [5, 5.41) is 0. The Kier molecular flexibility index (Phi) is 6.23. The maximum absolute atomic E-state index is 11.4. The number of hydrogen-bond donors (Lipinski definition) is 1. The molecule has 0 spiro atoms. The van der Waals surface area contributed by atoms with Crippen molar-refractivity contribution in [3.05, 3.63) is 0 Å². The van der Waals surface area contributed by atoms with E-state index in [1.165, 1.54) is 7.11 Å². The molecule has 0 aromatic carbocycles. The molecule has 1 heterocycles. The zero-order valence-electron chi connectivity index (χ0n) is 12.6. The average molecular weight is 272 g/mol. The SMILES string of the molecule is COC(=O)C(C)(N)CCCCN1CC(C)OC(C)C1. The first-order chi connectivity index (χ1) is 8.85. The highest BCUT2D eigenvalue weighted by atomic mass is 16.5. The van der Waals surface area contributed by atoms with Gasteiger partial charge < -0.3 is 15.2 Å². The average Bonchev–Trinajstić information content (AvgIpc) is 2.32. The molecular weight excluding hydrogens is 244 g/mol. The normalized spacial score (nSPS) is 27.8. The highest BCUT2D eigenvalue weighted by Crippen LogP contribution is 2.15. The Morgan fingerprint density at radius 2 is 1.95 bits per heavy atom. The molecule has 1 fully saturated rings. The van der Waals surface area contributed by atoms with E-state index in [2.05, 4.69) is 18.7 Å². The van der Waals surface area contributed by atoms with Crippen molar-refractivity contribution in [2.45, 2.75) is 57.8 Å². The molecule has 1 aliphatic heterocycles. The second kappa shape index (κ2) is 7.22. The van der Waals surface area contributed by atoms with E-state index in [4.69, 9.17) is 15.2 Å². The van der Waals surface area contributed by atoms with Gasteiger partial charge in [-0.25, -0.2) is 0 Å². The van der Waals surface area contributed by atoms with Gasteiger partial charge in [0.25, 0.3) is 0 Å². The summed E-state index contributed by atoms with van der Waals surface area (Å²) in [6.45, 7) is 8.96. The molecule has 3 atom stereocenters. The van der Waals surface area contributed by atoms with Crippen molar-refractivity contribution in [3.8, 4) is 0 Å². The first-order valence-corrected chi connectivity index (χ1v) is 7.10. The third-order valence-corrected chi connectivity index (χ3v) is 3.57. The quantitative estimate of drug-likeness (QED) is 0.580. The molecule has 0 aromatic heterocycles. The van der Waals surface area contributed by atoms with Gasteiger partial charge in [0.1, 0.15) is 5.54 Å².